The Balaban J connectivity index is 0.00000200. The molecule has 0 aliphatic carbocycles. The second-order valence-corrected chi connectivity index (χ2v) is 5.15. The van der Waals surface area contributed by atoms with Gasteiger partial charge in [0.2, 0.25) is 0 Å². The third-order valence-electron chi connectivity index (χ3n) is 3.68. The lowest BCUT2D eigenvalue weighted by molar-refractivity contribution is -0.00501. The van der Waals surface area contributed by atoms with E-state index in [-0.39, 0.29) is 18.5 Å². The minimum Gasteiger partial charge on any atom is -0.385 e. The van der Waals surface area contributed by atoms with Crippen LogP contribution in [-0.4, -0.2) is 33.4 Å². The van der Waals surface area contributed by atoms with Crippen molar-refractivity contribution in [1.82, 2.24) is 5.32 Å². The Labute approximate surface area is 128 Å². The molecule has 0 radical (unpaired) electrons. The molecule has 1 heterocycles. The fourth-order valence-corrected chi connectivity index (χ4v) is 2.70. The molecule has 4 heteroatoms. The zero-order valence-corrected chi connectivity index (χ0v) is 13.0. The van der Waals surface area contributed by atoms with E-state index in [0.29, 0.717) is 5.92 Å². The lowest BCUT2D eigenvalue weighted by Gasteiger charge is -2.31. The van der Waals surface area contributed by atoms with Crippen LogP contribution in [-0.2, 0) is 9.47 Å². The Bertz CT molecular complexity index is 342. The lowest BCUT2D eigenvalue weighted by atomic mass is 9.89. The smallest absolute Gasteiger partial charge is 0.0865 e. The Kier molecular flexibility index (Phi) is 8.86. The van der Waals surface area contributed by atoms with Gasteiger partial charge in [-0.25, -0.2) is 0 Å². The van der Waals surface area contributed by atoms with E-state index in [1.165, 1.54) is 18.4 Å². The van der Waals surface area contributed by atoms with Crippen LogP contribution in [0.25, 0.3) is 0 Å². The average Bonchev–Trinajstić information content (AvgIpc) is 2.49. The van der Waals surface area contributed by atoms with Crippen molar-refractivity contribution in [2.45, 2.75) is 25.4 Å². The zero-order valence-electron chi connectivity index (χ0n) is 12.2. The van der Waals surface area contributed by atoms with E-state index in [9.17, 15) is 0 Å². The van der Waals surface area contributed by atoms with Crippen molar-refractivity contribution in [3.8, 4) is 0 Å². The molecule has 0 spiro atoms. The molecule has 1 N–H and O–H groups in total. The number of halogens is 1. The maximum Gasteiger partial charge on any atom is 0.0865 e. The van der Waals surface area contributed by atoms with Gasteiger partial charge in [0.25, 0.3) is 0 Å². The van der Waals surface area contributed by atoms with Crippen molar-refractivity contribution in [2.24, 2.45) is 5.92 Å². The maximum atomic E-state index is 6.15. The van der Waals surface area contributed by atoms with Gasteiger partial charge in [0.15, 0.2) is 0 Å². The summed E-state index contributed by atoms with van der Waals surface area (Å²) in [5, 5.41) is 3.48. The van der Waals surface area contributed by atoms with Gasteiger partial charge < -0.3 is 14.8 Å². The fourth-order valence-electron chi connectivity index (χ4n) is 2.70. The molecule has 2 rings (SSSR count). The number of benzene rings is 1. The molecule has 20 heavy (non-hydrogen) atoms. The summed E-state index contributed by atoms with van der Waals surface area (Å²) in [5.41, 5.74) is 1.30. The predicted molar refractivity (Wildman–Crippen MR) is 84.5 cm³/mol. The molecule has 0 aromatic heterocycles. The largest absolute Gasteiger partial charge is 0.385 e. The van der Waals surface area contributed by atoms with Gasteiger partial charge in [-0.1, -0.05) is 30.3 Å². The van der Waals surface area contributed by atoms with Crippen LogP contribution in [0.4, 0.5) is 0 Å². The van der Waals surface area contributed by atoms with Crippen molar-refractivity contribution in [3.63, 3.8) is 0 Å². The van der Waals surface area contributed by atoms with Crippen LogP contribution >= 0.6 is 12.4 Å². The summed E-state index contributed by atoms with van der Waals surface area (Å²) in [6.45, 7) is 3.74. The molecule has 1 aromatic rings. The normalized spacial score (nSPS) is 20.1. The Hall–Kier alpha value is -0.610. The molecular weight excluding hydrogens is 274 g/mol. The molecular formula is C16H26ClNO2. The van der Waals surface area contributed by atoms with E-state index >= 15 is 0 Å². The minimum absolute atomic E-state index is 0. The van der Waals surface area contributed by atoms with Gasteiger partial charge in [0, 0.05) is 32.8 Å². The van der Waals surface area contributed by atoms with Crippen LogP contribution in [0.2, 0.25) is 0 Å². The highest BCUT2D eigenvalue weighted by Crippen LogP contribution is 2.30. The highest BCUT2D eigenvalue weighted by Gasteiger charge is 2.25. The van der Waals surface area contributed by atoms with Crippen LogP contribution in [0.3, 0.4) is 0 Å². The van der Waals surface area contributed by atoms with Crippen molar-refractivity contribution >= 4 is 12.4 Å². The van der Waals surface area contributed by atoms with E-state index in [1.807, 2.05) is 0 Å². The molecule has 1 aliphatic rings. The van der Waals surface area contributed by atoms with Gasteiger partial charge in [-0.3, -0.25) is 0 Å². The summed E-state index contributed by atoms with van der Waals surface area (Å²) in [4.78, 5) is 0. The zero-order chi connectivity index (χ0) is 13.3. The van der Waals surface area contributed by atoms with Gasteiger partial charge in [-0.15, -0.1) is 12.4 Å². The Morgan fingerprint density at radius 3 is 2.70 bits per heavy atom. The molecule has 2 atom stereocenters. The second-order valence-electron chi connectivity index (χ2n) is 5.15. The van der Waals surface area contributed by atoms with Crippen LogP contribution in [0.1, 0.15) is 30.9 Å². The van der Waals surface area contributed by atoms with Crippen molar-refractivity contribution in [1.29, 1.82) is 0 Å². The number of methoxy groups -OCH3 is 1. The lowest BCUT2D eigenvalue weighted by Crippen LogP contribution is -2.34. The third kappa shape index (κ3) is 5.41. The second kappa shape index (κ2) is 10.2. The first kappa shape index (κ1) is 17.4. The maximum absolute atomic E-state index is 6.15. The molecule has 0 saturated carbocycles. The van der Waals surface area contributed by atoms with Crippen LogP contribution in [0.5, 0.6) is 0 Å². The summed E-state index contributed by atoms with van der Waals surface area (Å²) in [6.07, 6.45) is 3.66. The molecule has 2 unspecified atom stereocenters. The van der Waals surface area contributed by atoms with Crippen LogP contribution in [0, 0.1) is 5.92 Å². The topological polar surface area (TPSA) is 30.5 Å². The summed E-state index contributed by atoms with van der Waals surface area (Å²) >= 11 is 0. The average molecular weight is 300 g/mol. The molecule has 0 bridgehead atoms. The molecule has 1 saturated heterocycles. The summed E-state index contributed by atoms with van der Waals surface area (Å²) in [7, 11) is 1.74. The predicted octanol–water partition coefficient (Wildman–Crippen LogP) is 3.20. The number of rotatable bonds is 7. The van der Waals surface area contributed by atoms with Gasteiger partial charge in [-0.05, 0) is 31.4 Å². The highest BCUT2D eigenvalue weighted by atomic mass is 35.5. The van der Waals surface area contributed by atoms with Gasteiger partial charge in [0.05, 0.1) is 6.10 Å². The standard InChI is InChI=1S/C16H25NO2.ClH/c1-18-11-6-12-19-16(14-7-3-2-4-8-14)15-9-5-10-17-13-15;/h2-4,7-8,15-17H,5-6,9-13H2,1H3;1H. The third-order valence-corrected chi connectivity index (χ3v) is 3.68. The van der Waals surface area contributed by atoms with Crippen LogP contribution in [0.15, 0.2) is 30.3 Å². The minimum atomic E-state index is 0. The fraction of sp³-hybridized carbons (Fsp3) is 0.625. The first-order valence-electron chi connectivity index (χ1n) is 7.28. The first-order valence-corrected chi connectivity index (χ1v) is 7.28. The number of nitrogens with one attached hydrogen (secondary N) is 1. The monoisotopic (exact) mass is 299 g/mol. The van der Waals surface area contributed by atoms with Gasteiger partial charge in [-0.2, -0.15) is 0 Å². The van der Waals surface area contributed by atoms with E-state index in [1.54, 1.807) is 7.11 Å². The number of piperidine rings is 1. The van der Waals surface area contributed by atoms with Gasteiger partial charge >= 0.3 is 0 Å². The van der Waals surface area contributed by atoms with E-state index in [4.69, 9.17) is 9.47 Å². The Morgan fingerprint density at radius 1 is 1.25 bits per heavy atom. The molecule has 1 aromatic carbocycles. The molecule has 1 aliphatic heterocycles. The molecule has 0 amide bonds. The molecule has 3 nitrogen and oxygen atoms in total. The molecule has 114 valence electrons. The Morgan fingerprint density at radius 2 is 2.05 bits per heavy atom. The van der Waals surface area contributed by atoms with E-state index in [2.05, 4.69) is 35.6 Å². The van der Waals surface area contributed by atoms with Crippen LogP contribution < -0.4 is 5.32 Å². The summed E-state index contributed by atoms with van der Waals surface area (Å²) in [6, 6.07) is 10.6. The first-order chi connectivity index (χ1) is 9.42. The summed E-state index contributed by atoms with van der Waals surface area (Å²) < 4.78 is 11.2. The number of hydrogen-bond donors (Lipinski definition) is 1. The molecule has 1 fully saturated rings. The number of ether oxygens (including phenoxy) is 2. The number of hydrogen-bond acceptors (Lipinski definition) is 3. The SMILES string of the molecule is COCCCOC(c1ccccc1)C1CCCNC1.Cl. The van der Waals surface area contributed by atoms with E-state index < -0.39 is 0 Å². The van der Waals surface area contributed by atoms with Crippen molar-refractivity contribution < 1.29 is 9.47 Å². The van der Waals surface area contributed by atoms with Gasteiger partial charge in [0.1, 0.15) is 0 Å². The van der Waals surface area contributed by atoms with E-state index in [0.717, 1.165) is 32.7 Å². The van der Waals surface area contributed by atoms with Crippen molar-refractivity contribution in [3.05, 3.63) is 35.9 Å². The quantitative estimate of drug-likeness (QED) is 0.784. The highest BCUT2D eigenvalue weighted by molar-refractivity contribution is 5.85. The van der Waals surface area contributed by atoms with Crippen molar-refractivity contribution in [2.75, 3.05) is 33.4 Å². The summed E-state index contributed by atoms with van der Waals surface area (Å²) in [5.74, 6) is 0.582.